The average molecular weight is 212 g/mol. The highest BCUT2D eigenvalue weighted by atomic mass is 32.1. The molecule has 0 aliphatic rings. The van der Waals surface area contributed by atoms with Gasteiger partial charge in [-0.15, -0.1) is 11.3 Å². The Morgan fingerprint density at radius 3 is 2.36 bits per heavy atom. The summed E-state index contributed by atoms with van der Waals surface area (Å²) < 4.78 is 0. The summed E-state index contributed by atoms with van der Waals surface area (Å²) in [6, 6.07) is 4.24. The molecule has 1 rings (SSSR count). The van der Waals surface area contributed by atoms with Gasteiger partial charge in [0.1, 0.15) is 0 Å². The highest BCUT2D eigenvalue weighted by Crippen LogP contribution is 2.35. The van der Waals surface area contributed by atoms with Crippen LogP contribution in [0.2, 0.25) is 0 Å². The van der Waals surface area contributed by atoms with Gasteiger partial charge in [-0.1, -0.05) is 19.9 Å². The summed E-state index contributed by atoms with van der Waals surface area (Å²) in [7, 11) is 0. The molecule has 0 aromatic carbocycles. The fourth-order valence-electron chi connectivity index (χ4n) is 1.20. The molecule has 14 heavy (non-hydrogen) atoms. The first-order valence-electron chi connectivity index (χ1n) is 5.08. The van der Waals surface area contributed by atoms with Crippen LogP contribution in [0.5, 0.6) is 0 Å². The second-order valence-electron chi connectivity index (χ2n) is 5.02. The van der Waals surface area contributed by atoms with Crippen LogP contribution >= 0.6 is 11.3 Å². The SMILES string of the molecule is CC(C)(O)C(C)(C)CCc1cccs1. The normalized spacial score (nSPS) is 13.2. The van der Waals surface area contributed by atoms with Crippen LogP contribution in [0.15, 0.2) is 17.5 Å². The maximum absolute atomic E-state index is 9.98. The molecular formula is C12H20OS. The molecule has 0 saturated heterocycles. The molecule has 1 aromatic heterocycles. The molecule has 0 amide bonds. The van der Waals surface area contributed by atoms with Gasteiger partial charge in [0.15, 0.2) is 0 Å². The zero-order valence-electron chi connectivity index (χ0n) is 9.50. The lowest BCUT2D eigenvalue weighted by Crippen LogP contribution is -2.39. The van der Waals surface area contributed by atoms with Gasteiger partial charge in [0.05, 0.1) is 5.60 Å². The van der Waals surface area contributed by atoms with Crippen LogP contribution in [0.1, 0.15) is 39.0 Å². The van der Waals surface area contributed by atoms with Gasteiger partial charge in [0, 0.05) is 4.88 Å². The third-order valence-corrected chi connectivity index (χ3v) is 4.17. The maximum atomic E-state index is 9.98. The van der Waals surface area contributed by atoms with Gasteiger partial charge in [0.2, 0.25) is 0 Å². The van der Waals surface area contributed by atoms with Crippen molar-refractivity contribution in [2.45, 2.75) is 46.1 Å². The van der Waals surface area contributed by atoms with Crippen LogP contribution in [0.25, 0.3) is 0 Å². The monoisotopic (exact) mass is 212 g/mol. The van der Waals surface area contributed by atoms with Crippen molar-refractivity contribution in [2.24, 2.45) is 5.41 Å². The molecule has 0 unspecified atom stereocenters. The molecule has 0 aliphatic carbocycles. The van der Waals surface area contributed by atoms with Gasteiger partial charge in [-0.2, -0.15) is 0 Å². The Kier molecular flexibility index (Phi) is 3.38. The second kappa shape index (κ2) is 4.03. The van der Waals surface area contributed by atoms with Gasteiger partial charge < -0.3 is 5.11 Å². The topological polar surface area (TPSA) is 20.2 Å². The van der Waals surface area contributed by atoms with Gasteiger partial charge in [0.25, 0.3) is 0 Å². The van der Waals surface area contributed by atoms with Gasteiger partial charge in [-0.3, -0.25) is 0 Å². The number of rotatable bonds is 4. The van der Waals surface area contributed by atoms with Crippen LogP contribution in [0, 0.1) is 5.41 Å². The van der Waals surface area contributed by atoms with E-state index in [0.29, 0.717) is 0 Å². The molecule has 0 aliphatic heterocycles. The van der Waals surface area contributed by atoms with Gasteiger partial charge in [-0.25, -0.2) is 0 Å². The van der Waals surface area contributed by atoms with Gasteiger partial charge in [-0.05, 0) is 43.6 Å². The first-order chi connectivity index (χ1) is 6.33. The van der Waals surface area contributed by atoms with Crippen molar-refractivity contribution in [3.63, 3.8) is 0 Å². The Morgan fingerprint density at radius 1 is 1.29 bits per heavy atom. The van der Waals surface area contributed by atoms with Crippen LogP contribution in [0.4, 0.5) is 0 Å². The first kappa shape index (κ1) is 11.7. The molecule has 0 fully saturated rings. The molecule has 0 spiro atoms. The van der Waals surface area contributed by atoms with Crippen molar-refractivity contribution in [1.82, 2.24) is 0 Å². The van der Waals surface area contributed by atoms with Crippen molar-refractivity contribution >= 4 is 11.3 Å². The van der Waals surface area contributed by atoms with Crippen LogP contribution in [-0.4, -0.2) is 10.7 Å². The molecule has 1 nitrogen and oxygen atoms in total. The van der Waals surface area contributed by atoms with E-state index in [1.165, 1.54) is 4.88 Å². The Labute approximate surface area is 90.8 Å². The Hall–Kier alpha value is -0.340. The van der Waals surface area contributed by atoms with E-state index in [2.05, 4.69) is 31.4 Å². The maximum Gasteiger partial charge on any atom is 0.0642 e. The predicted octanol–water partition coefficient (Wildman–Crippen LogP) is 3.48. The number of hydrogen-bond donors (Lipinski definition) is 1. The van der Waals surface area contributed by atoms with Crippen LogP contribution in [0.3, 0.4) is 0 Å². The van der Waals surface area contributed by atoms with Crippen LogP contribution in [-0.2, 0) is 6.42 Å². The lowest BCUT2D eigenvalue weighted by molar-refractivity contribution is -0.0390. The van der Waals surface area contributed by atoms with Crippen molar-refractivity contribution in [3.05, 3.63) is 22.4 Å². The quantitative estimate of drug-likeness (QED) is 0.810. The van der Waals surface area contributed by atoms with Crippen molar-refractivity contribution in [2.75, 3.05) is 0 Å². The van der Waals surface area contributed by atoms with Crippen LogP contribution < -0.4 is 0 Å². The van der Waals surface area contributed by atoms with Crippen molar-refractivity contribution in [1.29, 1.82) is 0 Å². The third-order valence-electron chi connectivity index (χ3n) is 3.23. The first-order valence-corrected chi connectivity index (χ1v) is 5.96. The molecule has 0 radical (unpaired) electrons. The minimum atomic E-state index is -0.607. The summed E-state index contributed by atoms with van der Waals surface area (Å²) in [5, 5.41) is 12.1. The Morgan fingerprint density at radius 2 is 1.93 bits per heavy atom. The molecular weight excluding hydrogens is 192 g/mol. The molecule has 80 valence electrons. The summed E-state index contributed by atoms with van der Waals surface area (Å²) in [6.45, 7) is 8.03. The summed E-state index contributed by atoms with van der Waals surface area (Å²) in [6.07, 6.45) is 2.09. The number of aliphatic hydroxyl groups is 1. The van der Waals surface area contributed by atoms with E-state index in [4.69, 9.17) is 0 Å². The zero-order chi connectivity index (χ0) is 10.8. The lowest BCUT2D eigenvalue weighted by atomic mass is 9.74. The standard InChI is InChI=1S/C12H20OS/c1-11(2,12(3,4)13)8-7-10-6-5-9-14-10/h5-6,9,13H,7-8H2,1-4H3. The average Bonchev–Trinajstić information content (AvgIpc) is 2.50. The van der Waals surface area contributed by atoms with Crippen molar-refractivity contribution < 1.29 is 5.11 Å². The molecule has 2 heteroatoms. The van der Waals surface area contributed by atoms with E-state index in [-0.39, 0.29) is 5.41 Å². The van der Waals surface area contributed by atoms with Crippen molar-refractivity contribution in [3.8, 4) is 0 Å². The Balaban J connectivity index is 2.53. The van der Waals surface area contributed by atoms with E-state index in [1.54, 1.807) is 11.3 Å². The zero-order valence-corrected chi connectivity index (χ0v) is 10.3. The predicted molar refractivity (Wildman–Crippen MR) is 62.7 cm³/mol. The Bertz CT molecular complexity index is 267. The minimum absolute atomic E-state index is 0.0308. The molecule has 0 bridgehead atoms. The fraction of sp³-hybridized carbons (Fsp3) is 0.667. The molecule has 1 heterocycles. The summed E-state index contributed by atoms with van der Waals surface area (Å²) in [5.41, 5.74) is -0.638. The third kappa shape index (κ3) is 2.82. The largest absolute Gasteiger partial charge is 0.390 e. The van der Waals surface area contributed by atoms with E-state index in [0.717, 1.165) is 12.8 Å². The van der Waals surface area contributed by atoms with Gasteiger partial charge >= 0.3 is 0 Å². The lowest BCUT2D eigenvalue weighted by Gasteiger charge is -2.37. The molecule has 1 N–H and O–H groups in total. The number of hydrogen-bond acceptors (Lipinski definition) is 2. The number of aryl methyl sites for hydroxylation is 1. The van der Waals surface area contributed by atoms with E-state index >= 15 is 0 Å². The molecule has 0 saturated carbocycles. The molecule has 0 atom stereocenters. The molecule has 1 aromatic rings. The second-order valence-corrected chi connectivity index (χ2v) is 6.05. The van der Waals surface area contributed by atoms with E-state index in [9.17, 15) is 5.11 Å². The minimum Gasteiger partial charge on any atom is -0.390 e. The summed E-state index contributed by atoms with van der Waals surface area (Å²) >= 11 is 1.79. The van der Waals surface area contributed by atoms with E-state index in [1.807, 2.05) is 13.8 Å². The summed E-state index contributed by atoms with van der Waals surface area (Å²) in [4.78, 5) is 1.40. The smallest absolute Gasteiger partial charge is 0.0642 e. The fourth-order valence-corrected chi connectivity index (χ4v) is 1.91. The highest BCUT2D eigenvalue weighted by Gasteiger charge is 2.34. The summed E-state index contributed by atoms with van der Waals surface area (Å²) in [5.74, 6) is 0. The number of thiophene rings is 1. The highest BCUT2D eigenvalue weighted by molar-refractivity contribution is 7.09. The van der Waals surface area contributed by atoms with E-state index < -0.39 is 5.60 Å².